The number of nitrogens with one attached hydrogen (secondary N) is 1. The lowest BCUT2D eigenvalue weighted by Crippen LogP contribution is -2.78. The highest BCUT2D eigenvalue weighted by Gasteiger charge is 2.81. The van der Waals surface area contributed by atoms with Gasteiger partial charge in [-0.2, -0.15) is 0 Å². The summed E-state index contributed by atoms with van der Waals surface area (Å²) in [4.78, 5) is 13.1. The van der Waals surface area contributed by atoms with Crippen LogP contribution in [0.5, 0.6) is 23.0 Å². The van der Waals surface area contributed by atoms with Crippen molar-refractivity contribution in [2.45, 2.75) is 54.3 Å². The number of phenols is 2. The number of rotatable bonds is 7. The summed E-state index contributed by atoms with van der Waals surface area (Å²) in [6, 6.07) is 8.52. The van der Waals surface area contributed by atoms with E-state index in [1.54, 1.807) is 38.5 Å². The predicted molar refractivity (Wildman–Crippen MR) is 139 cm³/mol. The Balaban J connectivity index is 1.39. The second-order valence-electron chi connectivity index (χ2n) is 10.5. The molecule has 2 heterocycles. The maximum absolute atomic E-state index is 13.1. The average molecular weight is 540 g/mol. The fourth-order valence-electron chi connectivity index (χ4n) is 7.70. The van der Waals surface area contributed by atoms with E-state index in [2.05, 4.69) is 5.32 Å². The summed E-state index contributed by atoms with van der Waals surface area (Å²) in [5.41, 5.74) is 0.854. The van der Waals surface area contributed by atoms with Crippen molar-refractivity contribution in [3.05, 3.63) is 53.1 Å². The molecule has 0 unspecified atom stereocenters. The van der Waals surface area contributed by atoms with Crippen molar-refractivity contribution in [3.63, 3.8) is 0 Å². The third-order valence-electron chi connectivity index (χ3n) is 9.12. The molecule has 6 rings (SSSR count). The number of esters is 1. The monoisotopic (exact) mass is 539 g/mol. The van der Waals surface area contributed by atoms with Crippen molar-refractivity contribution in [1.29, 1.82) is 0 Å². The molecule has 2 saturated heterocycles. The van der Waals surface area contributed by atoms with Gasteiger partial charge in [0.2, 0.25) is 5.79 Å². The number of phenolic OH excluding ortho intramolecular Hbond substituents is 2. The van der Waals surface area contributed by atoms with Gasteiger partial charge in [-0.3, -0.25) is 0 Å². The van der Waals surface area contributed by atoms with Crippen LogP contribution in [0.3, 0.4) is 0 Å². The topological polar surface area (TPSA) is 125 Å². The summed E-state index contributed by atoms with van der Waals surface area (Å²) >= 11 is 0. The Labute approximate surface area is 226 Å². The molecule has 0 amide bonds. The van der Waals surface area contributed by atoms with E-state index >= 15 is 0 Å². The minimum atomic E-state index is -1.28. The molecule has 2 bridgehead atoms. The molecule has 2 aromatic rings. The molecule has 1 spiro atoms. The quantitative estimate of drug-likeness (QED) is 0.357. The molecular formula is C29H33NO9. The van der Waals surface area contributed by atoms with E-state index in [-0.39, 0.29) is 17.6 Å². The molecule has 39 heavy (non-hydrogen) atoms. The lowest BCUT2D eigenvalue weighted by atomic mass is 9.50. The van der Waals surface area contributed by atoms with Crippen molar-refractivity contribution in [2.24, 2.45) is 0 Å². The lowest BCUT2D eigenvalue weighted by molar-refractivity contribution is -0.328. The number of methoxy groups -OCH3 is 4. The molecule has 3 fully saturated rings. The van der Waals surface area contributed by atoms with Crippen LogP contribution in [0.1, 0.15) is 42.1 Å². The summed E-state index contributed by atoms with van der Waals surface area (Å²) in [5, 5.41) is 25.2. The third kappa shape index (κ3) is 3.32. The molecule has 1 saturated carbocycles. The summed E-state index contributed by atoms with van der Waals surface area (Å²) in [6.45, 7) is 0.662. The minimum Gasteiger partial charge on any atom is -0.504 e. The Hall–Kier alpha value is -3.31. The van der Waals surface area contributed by atoms with E-state index < -0.39 is 34.9 Å². The van der Waals surface area contributed by atoms with E-state index in [0.717, 1.165) is 11.1 Å². The van der Waals surface area contributed by atoms with E-state index in [9.17, 15) is 15.0 Å². The highest BCUT2D eigenvalue weighted by Crippen LogP contribution is 2.71. The standard InChI is InChI=1S/C29H33NO9/c1-34-19-8-5-16(13-18(19)31)6-10-23(32)38-22-14-27-11-12-30-28(27)15-21(39-29(28,37-4)26(22)36-3)17-7-9-20(35-2)25(33)24(17)27/h5-10,13,21-22,26,30-31,33H,11-12,14-15H2,1-4H3/b10-6+/t21-,22+,26-,27-,28-,29-/m0/s1. The zero-order chi connectivity index (χ0) is 27.6. The van der Waals surface area contributed by atoms with Crippen LogP contribution in [0, 0.1) is 0 Å². The molecule has 10 heteroatoms. The number of benzene rings is 2. The maximum Gasteiger partial charge on any atom is 0.331 e. The van der Waals surface area contributed by atoms with Gasteiger partial charge in [0.25, 0.3) is 0 Å². The van der Waals surface area contributed by atoms with Crippen molar-refractivity contribution in [3.8, 4) is 23.0 Å². The van der Waals surface area contributed by atoms with E-state index in [0.29, 0.717) is 42.9 Å². The van der Waals surface area contributed by atoms with Gasteiger partial charge in [-0.05, 0) is 54.8 Å². The van der Waals surface area contributed by atoms with Gasteiger partial charge in [-0.1, -0.05) is 12.1 Å². The van der Waals surface area contributed by atoms with Gasteiger partial charge >= 0.3 is 5.97 Å². The summed E-state index contributed by atoms with van der Waals surface area (Å²) < 4.78 is 35.5. The molecule has 0 radical (unpaired) electrons. The number of carbonyl (C=O) groups is 1. The van der Waals surface area contributed by atoms with E-state index in [1.165, 1.54) is 26.4 Å². The molecule has 2 aromatic carbocycles. The highest BCUT2D eigenvalue weighted by atomic mass is 16.7. The van der Waals surface area contributed by atoms with Gasteiger partial charge in [-0.15, -0.1) is 0 Å². The fraction of sp³-hybridized carbons (Fsp3) is 0.483. The highest BCUT2D eigenvalue weighted by molar-refractivity contribution is 5.87. The Kier molecular flexibility index (Phi) is 6.07. The van der Waals surface area contributed by atoms with Gasteiger partial charge in [-0.25, -0.2) is 4.79 Å². The first-order valence-electron chi connectivity index (χ1n) is 13.0. The molecule has 3 N–H and O–H groups in total. The molecule has 2 aliphatic heterocycles. The molecule has 2 aliphatic carbocycles. The SMILES string of the molecule is COc1ccc(/C=C/C(=O)O[C@@H]2C[C@]34CCN[C@@]35C[C@H](O[C@@]5(OC)[C@H]2OC)c2ccc(OC)c(O)c24)cc1O. The van der Waals surface area contributed by atoms with Crippen molar-refractivity contribution >= 4 is 12.0 Å². The van der Waals surface area contributed by atoms with Crippen molar-refractivity contribution in [1.82, 2.24) is 5.32 Å². The fourth-order valence-corrected chi connectivity index (χ4v) is 7.70. The van der Waals surface area contributed by atoms with Crippen LogP contribution in [-0.2, 0) is 29.2 Å². The van der Waals surface area contributed by atoms with Crippen LogP contribution in [-0.4, -0.2) is 74.7 Å². The predicted octanol–water partition coefficient (Wildman–Crippen LogP) is 2.95. The van der Waals surface area contributed by atoms with E-state index in [1.807, 2.05) is 6.07 Å². The number of fused-ring (bicyclic) bond motifs is 3. The number of ether oxygens (including phenoxy) is 6. The Morgan fingerprint density at radius 2 is 1.85 bits per heavy atom. The van der Waals surface area contributed by atoms with Crippen LogP contribution in [0.25, 0.3) is 6.08 Å². The maximum atomic E-state index is 13.1. The number of aromatic hydroxyl groups is 2. The zero-order valence-electron chi connectivity index (χ0n) is 22.4. The second-order valence-corrected chi connectivity index (χ2v) is 10.5. The molecule has 6 atom stereocenters. The van der Waals surface area contributed by atoms with Crippen LogP contribution in [0.2, 0.25) is 0 Å². The van der Waals surface area contributed by atoms with Gasteiger partial charge in [0.05, 0.1) is 25.9 Å². The molecule has 4 aliphatic rings. The first-order valence-corrected chi connectivity index (χ1v) is 13.0. The van der Waals surface area contributed by atoms with Gasteiger partial charge in [0.15, 0.2) is 23.0 Å². The minimum absolute atomic E-state index is 0.0333. The van der Waals surface area contributed by atoms with Crippen molar-refractivity contribution < 1.29 is 43.4 Å². The van der Waals surface area contributed by atoms with Crippen LogP contribution in [0.15, 0.2) is 36.4 Å². The Morgan fingerprint density at radius 3 is 2.54 bits per heavy atom. The Bertz CT molecular complexity index is 1340. The van der Waals surface area contributed by atoms with Gasteiger partial charge < -0.3 is 44.0 Å². The zero-order valence-corrected chi connectivity index (χ0v) is 22.4. The first kappa shape index (κ1) is 25.9. The van der Waals surface area contributed by atoms with Crippen LogP contribution in [0.4, 0.5) is 0 Å². The summed E-state index contributed by atoms with van der Waals surface area (Å²) in [7, 11) is 6.13. The normalized spacial score (nSPS) is 34.0. The van der Waals surface area contributed by atoms with Gasteiger partial charge in [0.1, 0.15) is 12.2 Å². The number of carbonyl (C=O) groups excluding carboxylic acids is 1. The number of hydrogen-bond donors (Lipinski definition) is 3. The molecule has 208 valence electrons. The summed E-state index contributed by atoms with van der Waals surface area (Å²) in [6.07, 6.45) is 2.70. The summed E-state index contributed by atoms with van der Waals surface area (Å²) in [5.74, 6) is -1.11. The first-order chi connectivity index (χ1) is 18.8. The largest absolute Gasteiger partial charge is 0.504 e. The average Bonchev–Trinajstić information content (AvgIpc) is 3.48. The number of hydrogen-bond acceptors (Lipinski definition) is 10. The third-order valence-corrected chi connectivity index (χ3v) is 9.12. The molecular weight excluding hydrogens is 506 g/mol. The van der Waals surface area contributed by atoms with Crippen molar-refractivity contribution in [2.75, 3.05) is 35.0 Å². The lowest BCUT2D eigenvalue weighted by Gasteiger charge is -2.59. The molecule has 0 aromatic heterocycles. The second kappa shape index (κ2) is 9.12. The van der Waals surface area contributed by atoms with Crippen LogP contribution >= 0.6 is 0 Å². The van der Waals surface area contributed by atoms with Gasteiger partial charge in [0, 0.05) is 37.7 Å². The van der Waals surface area contributed by atoms with E-state index in [4.69, 9.17) is 28.4 Å². The molecule has 10 nitrogen and oxygen atoms in total. The van der Waals surface area contributed by atoms with Crippen LogP contribution < -0.4 is 14.8 Å². The smallest absolute Gasteiger partial charge is 0.331 e. The Morgan fingerprint density at radius 1 is 1.08 bits per heavy atom.